The Morgan fingerprint density at radius 2 is 2.05 bits per heavy atom. The zero-order valence-corrected chi connectivity index (χ0v) is 11.1. The largest absolute Gasteiger partial charge is 0.443 e. The Kier molecular flexibility index (Phi) is 3.86. The number of thiazole rings is 1. The summed E-state index contributed by atoms with van der Waals surface area (Å²) in [6.45, 7) is 1.91. The zero-order chi connectivity index (χ0) is 14.0. The van der Waals surface area contributed by atoms with Crippen LogP contribution in [0.4, 0.5) is 13.2 Å². The highest BCUT2D eigenvalue weighted by Gasteiger charge is 2.35. The van der Waals surface area contributed by atoms with Gasteiger partial charge in [0.15, 0.2) is 5.01 Å². The van der Waals surface area contributed by atoms with Gasteiger partial charge in [0.05, 0.1) is 11.7 Å². The van der Waals surface area contributed by atoms with Gasteiger partial charge in [-0.15, -0.1) is 11.3 Å². The second kappa shape index (κ2) is 5.26. The lowest BCUT2D eigenvalue weighted by atomic mass is 10.1. The molecule has 0 fully saturated rings. The van der Waals surface area contributed by atoms with Crippen molar-refractivity contribution in [1.29, 1.82) is 0 Å². The lowest BCUT2D eigenvalue weighted by Gasteiger charge is -2.13. The first-order valence-electron chi connectivity index (χ1n) is 5.54. The van der Waals surface area contributed by atoms with Crippen molar-refractivity contribution < 1.29 is 13.2 Å². The van der Waals surface area contributed by atoms with Crippen molar-refractivity contribution in [3.63, 3.8) is 0 Å². The summed E-state index contributed by atoms with van der Waals surface area (Å²) in [5.41, 5.74) is 1.69. The molecule has 0 aliphatic carbocycles. The lowest BCUT2D eigenvalue weighted by Crippen LogP contribution is -2.17. The number of nitrogens with one attached hydrogen (secondary N) is 1. The maximum absolute atomic E-state index is 12.5. The number of hydrogen-bond donors (Lipinski definition) is 1. The molecule has 2 rings (SSSR count). The average Bonchev–Trinajstić information content (AvgIpc) is 2.79. The predicted octanol–water partition coefficient (Wildman–Crippen LogP) is 3.17. The van der Waals surface area contributed by atoms with Gasteiger partial charge in [-0.2, -0.15) is 13.2 Å². The van der Waals surface area contributed by atoms with Crippen molar-refractivity contribution in [2.45, 2.75) is 19.1 Å². The summed E-state index contributed by atoms with van der Waals surface area (Å²) in [5.74, 6) is 0. The van der Waals surface area contributed by atoms with E-state index in [9.17, 15) is 13.2 Å². The first kappa shape index (κ1) is 14.0. The average molecular weight is 287 g/mol. The van der Waals surface area contributed by atoms with E-state index in [0.717, 1.165) is 5.56 Å². The number of hydrogen-bond acceptors (Lipinski definition) is 4. The highest BCUT2D eigenvalue weighted by Crippen LogP contribution is 2.35. The van der Waals surface area contributed by atoms with Crippen LogP contribution in [0.25, 0.3) is 0 Å². The van der Waals surface area contributed by atoms with Crippen molar-refractivity contribution >= 4 is 11.3 Å². The molecule has 102 valence electrons. The molecule has 2 heterocycles. The summed E-state index contributed by atoms with van der Waals surface area (Å²) in [4.78, 5) is 8.12. The monoisotopic (exact) mass is 287 g/mol. The standard InChI is InChI=1S/C12H12F3N3S/c1-7-3-4-17-8(5-7)10(16-2)9-6-18-11(19-9)12(13,14)15/h3-6,10,16H,1-2H3. The molecule has 0 spiro atoms. The molecule has 1 unspecified atom stereocenters. The molecule has 3 nitrogen and oxygen atoms in total. The maximum atomic E-state index is 12.5. The Morgan fingerprint density at radius 1 is 1.32 bits per heavy atom. The molecule has 0 aromatic carbocycles. The van der Waals surface area contributed by atoms with Gasteiger partial charge >= 0.3 is 6.18 Å². The topological polar surface area (TPSA) is 37.8 Å². The van der Waals surface area contributed by atoms with E-state index >= 15 is 0 Å². The van der Waals surface area contributed by atoms with Crippen LogP contribution >= 0.6 is 11.3 Å². The van der Waals surface area contributed by atoms with Gasteiger partial charge in [0.2, 0.25) is 0 Å². The zero-order valence-electron chi connectivity index (χ0n) is 10.3. The Bertz CT molecular complexity index is 565. The first-order chi connectivity index (χ1) is 8.91. The molecule has 0 saturated heterocycles. The number of aryl methyl sites for hydroxylation is 1. The Morgan fingerprint density at radius 3 is 2.58 bits per heavy atom. The molecule has 19 heavy (non-hydrogen) atoms. The van der Waals surface area contributed by atoms with Crippen molar-refractivity contribution in [3.05, 3.63) is 45.7 Å². The smallest absolute Gasteiger partial charge is 0.307 e. The van der Waals surface area contributed by atoms with Crippen LogP contribution in [0.2, 0.25) is 0 Å². The number of rotatable bonds is 3. The van der Waals surface area contributed by atoms with E-state index in [-0.39, 0.29) is 6.04 Å². The fourth-order valence-corrected chi connectivity index (χ4v) is 2.61. The summed E-state index contributed by atoms with van der Waals surface area (Å²) in [7, 11) is 1.68. The lowest BCUT2D eigenvalue weighted by molar-refractivity contribution is -0.137. The van der Waals surface area contributed by atoms with Gasteiger partial charge in [-0.25, -0.2) is 4.98 Å². The van der Waals surface area contributed by atoms with Crippen LogP contribution in [-0.2, 0) is 6.18 Å². The van der Waals surface area contributed by atoms with Crippen molar-refractivity contribution in [1.82, 2.24) is 15.3 Å². The third-order valence-corrected chi connectivity index (χ3v) is 3.68. The second-order valence-electron chi connectivity index (χ2n) is 4.05. The molecule has 0 saturated carbocycles. The predicted molar refractivity (Wildman–Crippen MR) is 67.0 cm³/mol. The van der Waals surface area contributed by atoms with E-state index in [1.54, 1.807) is 13.2 Å². The van der Waals surface area contributed by atoms with E-state index in [1.165, 1.54) is 6.20 Å². The second-order valence-corrected chi connectivity index (χ2v) is 5.11. The number of pyridine rings is 1. The van der Waals surface area contributed by atoms with Gasteiger partial charge in [0.1, 0.15) is 0 Å². The summed E-state index contributed by atoms with van der Waals surface area (Å²) in [5, 5.41) is 2.13. The van der Waals surface area contributed by atoms with Crippen LogP contribution in [-0.4, -0.2) is 17.0 Å². The molecule has 2 aromatic rings. The van der Waals surface area contributed by atoms with Gasteiger partial charge in [0.25, 0.3) is 0 Å². The summed E-state index contributed by atoms with van der Waals surface area (Å²) in [6.07, 6.45) is -1.51. The Balaban J connectivity index is 2.35. The van der Waals surface area contributed by atoms with E-state index in [0.29, 0.717) is 21.9 Å². The molecule has 0 bridgehead atoms. The molecule has 1 atom stereocenters. The molecule has 7 heteroatoms. The summed E-state index contributed by atoms with van der Waals surface area (Å²) in [6, 6.07) is 3.30. The van der Waals surface area contributed by atoms with Crippen LogP contribution < -0.4 is 5.32 Å². The van der Waals surface area contributed by atoms with Crippen LogP contribution in [0.1, 0.15) is 27.2 Å². The van der Waals surface area contributed by atoms with Gasteiger partial charge in [0, 0.05) is 17.3 Å². The van der Waals surface area contributed by atoms with Gasteiger partial charge in [-0.1, -0.05) is 0 Å². The fourth-order valence-electron chi connectivity index (χ4n) is 1.70. The molecule has 1 N–H and O–H groups in total. The third kappa shape index (κ3) is 3.10. The van der Waals surface area contributed by atoms with E-state index in [4.69, 9.17) is 0 Å². The number of halogens is 3. The van der Waals surface area contributed by atoms with Crippen molar-refractivity contribution in [2.75, 3.05) is 7.05 Å². The SMILES string of the molecule is CNC(c1cc(C)ccn1)c1cnc(C(F)(F)F)s1. The highest BCUT2D eigenvalue weighted by atomic mass is 32.1. The number of alkyl halides is 3. The molecular formula is C12H12F3N3S. The van der Waals surface area contributed by atoms with Crippen molar-refractivity contribution in [2.24, 2.45) is 0 Å². The third-order valence-electron chi connectivity index (χ3n) is 2.57. The molecular weight excluding hydrogens is 275 g/mol. The molecule has 0 radical (unpaired) electrons. The maximum Gasteiger partial charge on any atom is 0.443 e. The minimum absolute atomic E-state index is 0.381. The van der Waals surface area contributed by atoms with Gasteiger partial charge < -0.3 is 5.32 Å². The Hall–Kier alpha value is -1.47. The van der Waals surface area contributed by atoms with E-state index < -0.39 is 11.2 Å². The van der Waals surface area contributed by atoms with Crippen LogP contribution in [0.5, 0.6) is 0 Å². The normalized spacial score (nSPS) is 13.5. The summed E-state index contributed by atoms with van der Waals surface area (Å²) >= 11 is 0.635. The van der Waals surface area contributed by atoms with Crippen molar-refractivity contribution in [3.8, 4) is 0 Å². The molecule has 0 amide bonds. The number of nitrogens with zero attached hydrogens (tertiary/aromatic N) is 2. The van der Waals surface area contributed by atoms with E-state index in [2.05, 4.69) is 15.3 Å². The first-order valence-corrected chi connectivity index (χ1v) is 6.36. The highest BCUT2D eigenvalue weighted by molar-refractivity contribution is 7.11. The Labute approximate surface area is 112 Å². The van der Waals surface area contributed by atoms with Crippen LogP contribution in [0, 0.1) is 6.92 Å². The van der Waals surface area contributed by atoms with Crippen LogP contribution in [0.3, 0.4) is 0 Å². The van der Waals surface area contributed by atoms with E-state index in [1.807, 2.05) is 19.1 Å². The van der Waals surface area contributed by atoms with Crippen LogP contribution in [0.15, 0.2) is 24.5 Å². The molecule has 0 aliphatic rings. The summed E-state index contributed by atoms with van der Waals surface area (Å²) < 4.78 is 37.6. The molecule has 0 aliphatic heterocycles. The minimum Gasteiger partial charge on any atom is -0.307 e. The van der Waals surface area contributed by atoms with Gasteiger partial charge in [-0.05, 0) is 31.7 Å². The molecule has 2 aromatic heterocycles. The quantitative estimate of drug-likeness (QED) is 0.942. The number of aromatic nitrogens is 2. The van der Waals surface area contributed by atoms with Gasteiger partial charge in [-0.3, -0.25) is 4.98 Å². The minimum atomic E-state index is -4.40. The fraction of sp³-hybridized carbons (Fsp3) is 0.333.